The number of aryl methyl sites for hydroxylation is 1. The maximum Gasteiger partial charge on any atom is 0.339 e. The van der Waals surface area contributed by atoms with Crippen molar-refractivity contribution in [2.45, 2.75) is 44.1 Å². The summed E-state index contributed by atoms with van der Waals surface area (Å²) in [5, 5.41) is 0.190. The van der Waals surface area contributed by atoms with E-state index in [1.54, 1.807) is 19.1 Å². The van der Waals surface area contributed by atoms with E-state index in [0.717, 1.165) is 18.4 Å². The van der Waals surface area contributed by atoms with Gasteiger partial charge in [-0.25, -0.2) is 13.2 Å². The Morgan fingerprint density at radius 2 is 2.00 bits per heavy atom. The van der Waals surface area contributed by atoms with Crippen molar-refractivity contribution in [2.24, 2.45) is 0 Å². The maximum absolute atomic E-state index is 12.8. The molecule has 0 bridgehead atoms. The zero-order valence-corrected chi connectivity index (χ0v) is 17.5. The third kappa shape index (κ3) is 4.42. The summed E-state index contributed by atoms with van der Waals surface area (Å²) in [6, 6.07) is 9.11. The number of esters is 1. The molecule has 0 saturated heterocycles. The first-order valence-electron chi connectivity index (χ1n) is 8.93. The second kappa shape index (κ2) is 7.64. The van der Waals surface area contributed by atoms with E-state index in [4.69, 9.17) is 21.1 Å². The van der Waals surface area contributed by atoms with Crippen LogP contribution in [0.2, 0.25) is 5.02 Å². The Balaban J connectivity index is 1.87. The quantitative estimate of drug-likeness (QED) is 0.720. The van der Waals surface area contributed by atoms with E-state index in [1.165, 1.54) is 24.3 Å². The van der Waals surface area contributed by atoms with Gasteiger partial charge in [0.15, 0.2) is 0 Å². The predicted molar refractivity (Wildman–Crippen MR) is 108 cm³/mol. The van der Waals surface area contributed by atoms with Crippen molar-refractivity contribution >= 4 is 33.3 Å². The molecular weight excluding hydrogens is 402 g/mol. The molecule has 1 N–H and O–H groups in total. The second-order valence-corrected chi connectivity index (χ2v) is 9.24. The average molecular weight is 424 g/mol. The molecule has 0 atom stereocenters. The van der Waals surface area contributed by atoms with Crippen LogP contribution in [0.1, 0.15) is 43.1 Å². The average Bonchev–Trinajstić information content (AvgIpc) is 2.62. The summed E-state index contributed by atoms with van der Waals surface area (Å²) in [7, 11) is -3.84. The topological polar surface area (TPSA) is 81.7 Å². The summed E-state index contributed by atoms with van der Waals surface area (Å²) in [5.74, 6) is 0.0911. The maximum atomic E-state index is 12.8. The van der Waals surface area contributed by atoms with Crippen LogP contribution in [0, 0.1) is 0 Å². The summed E-state index contributed by atoms with van der Waals surface area (Å²) < 4.78 is 38.9. The number of anilines is 1. The number of carbonyl (C=O) groups excluding carboxylic acids is 1. The Hall–Kier alpha value is -2.25. The molecule has 2 aromatic carbocycles. The van der Waals surface area contributed by atoms with Gasteiger partial charge in [0, 0.05) is 5.69 Å². The minimum atomic E-state index is -3.84. The lowest BCUT2D eigenvalue weighted by Gasteiger charge is -2.32. The van der Waals surface area contributed by atoms with Crippen molar-refractivity contribution in [2.75, 3.05) is 11.3 Å². The van der Waals surface area contributed by atoms with Gasteiger partial charge < -0.3 is 9.47 Å². The number of benzene rings is 2. The Kier molecular flexibility index (Phi) is 5.59. The smallest absolute Gasteiger partial charge is 0.339 e. The van der Waals surface area contributed by atoms with E-state index in [0.29, 0.717) is 5.75 Å². The highest BCUT2D eigenvalue weighted by Gasteiger charge is 2.28. The van der Waals surface area contributed by atoms with E-state index in [9.17, 15) is 13.2 Å². The third-order valence-corrected chi connectivity index (χ3v) is 6.15. The molecule has 0 amide bonds. The lowest BCUT2D eigenvalue weighted by Crippen LogP contribution is -2.32. The van der Waals surface area contributed by atoms with E-state index in [-0.39, 0.29) is 33.4 Å². The van der Waals surface area contributed by atoms with E-state index < -0.39 is 16.0 Å². The summed E-state index contributed by atoms with van der Waals surface area (Å²) in [5.41, 5.74) is 0.913. The molecule has 0 unspecified atom stereocenters. The first kappa shape index (κ1) is 20.5. The predicted octanol–water partition coefficient (Wildman–Crippen LogP) is 4.42. The zero-order valence-electron chi connectivity index (χ0n) is 15.9. The van der Waals surface area contributed by atoms with E-state index in [2.05, 4.69) is 4.72 Å². The monoisotopic (exact) mass is 423 g/mol. The van der Waals surface area contributed by atoms with E-state index in [1.807, 2.05) is 13.8 Å². The van der Waals surface area contributed by atoms with E-state index >= 15 is 0 Å². The standard InChI is InChI=1S/C20H22ClNO5S/c1-4-26-19(23)16-12-14(5-7-17(16)21)22-28(24,25)15-6-8-18-13(11-15)9-10-20(2,3)27-18/h5-8,11-12,22H,4,9-10H2,1-3H3. The number of ether oxygens (including phenoxy) is 2. The molecule has 0 aliphatic carbocycles. The minimum absolute atomic E-state index is 0.102. The highest BCUT2D eigenvalue weighted by atomic mass is 35.5. The van der Waals surface area contributed by atoms with Gasteiger partial charge in [-0.15, -0.1) is 0 Å². The molecule has 2 aromatic rings. The van der Waals surface area contributed by atoms with Crippen molar-refractivity contribution in [1.29, 1.82) is 0 Å². The largest absolute Gasteiger partial charge is 0.488 e. The van der Waals surface area contributed by atoms with Gasteiger partial charge in [-0.3, -0.25) is 4.72 Å². The Morgan fingerprint density at radius 1 is 1.25 bits per heavy atom. The number of hydrogen-bond donors (Lipinski definition) is 1. The van der Waals surface area contributed by atoms with Gasteiger partial charge in [-0.05, 0) is 75.6 Å². The molecule has 1 aliphatic heterocycles. The number of halogens is 1. The summed E-state index contributed by atoms with van der Waals surface area (Å²) in [6.45, 7) is 5.88. The van der Waals surface area contributed by atoms with Crippen molar-refractivity contribution in [1.82, 2.24) is 0 Å². The fourth-order valence-electron chi connectivity index (χ4n) is 2.97. The van der Waals surface area contributed by atoms with Crippen LogP contribution in [0.25, 0.3) is 0 Å². The van der Waals surface area contributed by atoms with Crippen LogP contribution in [0.5, 0.6) is 5.75 Å². The number of nitrogens with one attached hydrogen (secondary N) is 1. The Morgan fingerprint density at radius 3 is 2.71 bits per heavy atom. The molecule has 0 saturated carbocycles. The normalized spacial score (nSPS) is 15.3. The fraction of sp³-hybridized carbons (Fsp3) is 0.350. The molecule has 6 nitrogen and oxygen atoms in total. The molecule has 1 aliphatic rings. The summed E-state index contributed by atoms with van der Waals surface area (Å²) in [4.78, 5) is 12.1. The van der Waals surface area contributed by atoms with Crippen LogP contribution in [0.4, 0.5) is 5.69 Å². The van der Waals surface area contributed by atoms with Crippen molar-refractivity contribution in [3.63, 3.8) is 0 Å². The molecule has 0 fully saturated rings. The molecule has 8 heteroatoms. The summed E-state index contributed by atoms with van der Waals surface area (Å²) >= 11 is 6.03. The molecule has 1 heterocycles. The molecule has 28 heavy (non-hydrogen) atoms. The van der Waals surface area contributed by atoms with Gasteiger partial charge in [-0.2, -0.15) is 0 Å². The first-order valence-corrected chi connectivity index (χ1v) is 10.8. The SMILES string of the molecule is CCOC(=O)c1cc(NS(=O)(=O)c2ccc3c(c2)CCC(C)(C)O3)ccc1Cl. The number of fused-ring (bicyclic) bond motifs is 1. The van der Waals surface area contributed by atoms with Crippen LogP contribution in [-0.2, 0) is 21.2 Å². The fourth-order valence-corrected chi connectivity index (χ4v) is 4.26. The van der Waals surface area contributed by atoms with Crippen LogP contribution in [0.3, 0.4) is 0 Å². The second-order valence-electron chi connectivity index (χ2n) is 7.15. The van der Waals surface area contributed by atoms with Crippen LogP contribution in [0.15, 0.2) is 41.3 Å². The van der Waals surface area contributed by atoms with Crippen LogP contribution >= 0.6 is 11.6 Å². The van der Waals surface area contributed by atoms with Gasteiger partial charge in [-0.1, -0.05) is 11.6 Å². The van der Waals surface area contributed by atoms with Gasteiger partial charge in [0.1, 0.15) is 11.4 Å². The molecule has 3 rings (SSSR count). The van der Waals surface area contributed by atoms with Crippen LogP contribution in [-0.4, -0.2) is 26.6 Å². The molecule has 150 valence electrons. The zero-order chi connectivity index (χ0) is 20.5. The highest BCUT2D eigenvalue weighted by molar-refractivity contribution is 7.92. The Labute approximate surface area is 169 Å². The minimum Gasteiger partial charge on any atom is -0.488 e. The van der Waals surface area contributed by atoms with Gasteiger partial charge >= 0.3 is 5.97 Å². The van der Waals surface area contributed by atoms with Crippen molar-refractivity contribution in [3.05, 3.63) is 52.5 Å². The Bertz CT molecular complexity index is 1020. The first-order chi connectivity index (χ1) is 13.1. The number of hydrogen-bond acceptors (Lipinski definition) is 5. The number of rotatable bonds is 5. The summed E-state index contributed by atoms with van der Waals surface area (Å²) in [6.07, 6.45) is 1.54. The van der Waals surface area contributed by atoms with Crippen molar-refractivity contribution in [3.8, 4) is 5.75 Å². The van der Waals surface area contributed by atoms with Gasteiger partial charge in [0.05, 0.1) is 22.1 Å². The number of sulfonamides is 1. The lowest BCUT2D eigenvalue weighted by atomic mass is 9.94. The lowest BCUT2D eigenvalue weighted by molar-refractivity contribution is 0.0526. The highest BCUT2D eigenvalue weighted by Crippen LogP contribution is 2.34. The molecule has 0 aromatic heterocycles. The molecule has 0 radical (unpaired) electrons. The third-order valence-electron chi connectivity index (χ3n) is 4.44. The van der Waals surface area contributed by atoms with Crippen LogP contribution < -0.4 is 9.46 Å². The number of carbonyl (C=O) groups is 1. The van der Waals surface area contributed by atoms with Gasteiger partial charge in [0.2, 0.25) is 0 Å². The molecular formula is C20H22ClNO5S. The van der Waals surface area contributed by atoms with Crippen molar-refractivity contribution < 1.29 is 22.7 Å². The molecule has 0 spiro atoms. The van der Waals surface area contributed by atoms with Gasteiger partial charge in [0.25, 0.3) is 10.0 Å².